The maximum Gasteiger partial charge on any atom is 0.319 e. The molecule has 3 unspecified atom stereocenters. The van der Waals surface area contributed by atoms with Gasteiger partial charge in [0.2, 0.25) is 5.88 Å². The zero-order valence-electron chi connectivity index (χ0n) is 28.7. The van der Waals surface area contributed by atoms with Crippen molar-refractivity contribution in [2.24, 2.45) is 0 Å². The number of alkyl halides is 2. The van der Waals surface area contributed by atoms with E-state index in [2.05, 4.69) is 19.9 Å². The maximum absolute atomic E-state index is 17.3. The molecule has 54 heavy (non-hydrogen) atoms. The number of thiophene rings is 1. The van der Waals surface area contributed by atoms with E-state index in [1.807, 2.05) is 11.0 Å². The van der Waals surface area contributed by atoms with Gasteiger partial charge in [0, 0.05) is 34.8 Å². The summed E-state index contributed by atoms with van der Waals surface area (Å²) in [4.78, 5) is 20.8. The second kappa shape index (κ2) is 13.2. The largest absolute Gasteiger partial charge is 0.472 e. The molecule has 2 saturated heterocycles. The van der Waals surface area contributed by atoms with Crippen LogP contribution < -0.4 is 25.8 Å². The molecule has 4 atom stereocenters. The van der Waals surface area contributed by atoms with Crippen LogP contribution in [0.2, 0.25) is 0 Å². The molecule has 18 heteroatoms. The van der Waals surface area contributed by atoms with Gasteiger partial charge in [-0.3, -0.25) is 4.90 Å². The summed E-state index contributed by atoms with van der Waals surface area (Å²) in [5.41, 5.74) is 10.9. The summed E-state index contributed by atoms with van der Waals surface area (Å²) in [5.74, 6) is -2.23. The summed E-state index contributed by atoms with van der Waals surface area (Å²) in [5, 5.41) is 9.78. The van der Waals surface area contributed by atoms with Crippen LogP contribution in [0.5, 0.6) is 11.9 Å². The van der Waals surface area contributed by atoms with Crippen molar-refractivity contribution >= 4 is 49.0 Å². The van der Waals surface area contributed by atoms with Gasteiger partial charge in [-0.2, -0.15) is 24.0 Å². The highest BCUT2D eigenvalue weighted by molar-refractivity contribution is 7.23. The quantitative estimate of drug-likeness (QED) is 0.160. The number of hydrogen-bond acceptors (Lipinski definition) is 12. The van der Waals surface area contributed by atoms with Crippen LogP contribution in [-0.2, 0) is 0 Å². The fourth-order valence-electron chi connectivity index (χ4n) is 8.10. The number of nitrogens with zero attached hydrogens (tertiary/aromatic N) is 7. The second-order valence-electron chi connectivity index (χ2n) is 13.7. The summed E-state index contributed by atoms with van der Waals surface area (Å²) >= 11 is 0.805. The van der Waals surface area contributed by atoms with Crippen molar-refractivity contribution in [2.45, 2.75) is 63.3 Å². The van der Waals surface area contributed by atoms with E-state index in [9.17, 15) is 14.0 Å². The van der Waals surface area contributed by atoms with Gasteiger partial charge in [-0.25, -0.2) is 27.5 Å². The van der Waals surface area contributed by atoms with Crippen LogP contribution in [0, 0.1) is 23.0 Å². The van der Waals surface area contributed by atoms with E-state index in [1.165, 1.54) is 24.1 Å². The Morgan fingerprint density at radius 1 is 1.17 bits per heavy atom. The van der Waals surface area contributed by atoms with E-state index >= 15 is 17.6 Å². The fraction of sp³-hybridized carbons (Fsp3) is 0.361. The van der Waals surface area contributed by atoms with E-state index in [1.54, 1.807) is 19.1 Å². The minimum atomic E-state index is -3.05. The number of aromatic nitrogens is 4. The number of rotatable bonds is 7. The Morgan fingerprint density at radius 3 is 2.69 bits per heavy atom. The summed E-state index contributed by atoms with van der Waals surface area (Å²) < 4.78 is 103. The number of nitrogen functional groups attached to an aromatic ring is 2. The summed E-state index contributed by atoms with van der Waals surface area (Å²) in [6.45, 7) is 3.48. The number of halogens is 6. The average molecular weight is 768 g/mol. The van der Waals surface area contributed by atoms with E-state index in [0.717, 1.165) is 23.8 Å². The Bertz CT molecular complexity index is 2420. The third-order valence-electron chi connectivity index (χ3n) is 10.6. The molecule has 0 radical (unpaired) electrons. The molecule has 2 fully saturated rings. The predicted octanol–water partition coefficient (Wildman–Crippen LogP) is 7.37. The molecule has 11 nitrogen and oxygen atoms in total. The number of fused-ring (bicyclic) bond motifs is 2. The van der Waals surface area contributed by atoms with Crippen molar-refractivity contribution < 1.29 is 35.8 Å². The first kappa shape index (κ1) is 35.6. The van der Waals surface area contributed by atoms with Crippen molar-refractivity contribution in [3.05, 3.63) is 64.9 Å². The van der Waals surface area contributed by atoms with Crippen LogP contribution in [0.25, 0.3) is 32.2 Å². The smallest absolute Gasteiger partial charge is 0.319 e. The van der Waals surface area contributed by atoms with Gasteiger partial charge >= 0.3 is 6.01 Å². The molecule has 0 spiro atoms. The first-order valence-corrected chi connectivity index (χ1v) is 17.8. The van der Waals surface area contributed by atoms with Gasteiger partial charge in [-0.05, 0) is 57.9 Å². The van der Waals surface area contributed by atoms with E-state index in [4.69, 9.17) is 20.9 Å². The molecule has 4 N–H and O–H groups in total. The van der Waals surface area contributed by atoms with E-state index in [0.29, 0.717) is 18.5 Å². The molecule has 4 aromatic heterocycles. The SMILES string of the molecule is CC1Oc2nc(-c3ccc(F)c4sc(N)c(C#N)c34)c(F)c3nc(OC[C@@]45CCCN4CC(=C(F)F)C5)nc(c23)N(C(C)c2cccnc2N)C1C(F)F. The zero-order valence-corrected chi connectivity index (χ0v) is 29.5. The van der Waals surface area contributed by atoms with Crippen molar-refractivity contribution in [3.8, 4) is 29.2 Å². The summed E-state index contributed by atoms with van der Waals surface area (Å²) in [6, 6.07) is 4.38. The van der Waals surface area contributed by atoms with Crippen LogP contribution in [0.3, 0.4) is 0 Å². The van der Waals surface area contributed by atoms with Gasteiger partial charge in [0.05, 0.1) is 21.8 Å². The molecule has 3 aliphatic heterocycles. The van der Waals surface area contributed by atoms with Crippen LogP contribution in [0.4, 0.5) is 43.0 Å². The van der Waals surface area contributed by atoms with Gasteiger partial charge in [0.15, 0.2) is 11.6 Å². The van der Waals surface area contributed by atoms with Gasteiger partial charge in [-0.15, -0.1) is 11.3 Å². The average Bonchev–Trinajstić information content (AvgIpc) is 3.78. The highest BCUT2D eigenvalue weighted by Gasteiger charge is 2.49. The first-order chi connectivity index (χ1) is 25.8. The molecule has 7 heterocycles. The number of hydrogen-bond donors (Lipinski definition) is 2. The molecule has 1 aromatic carbocycles. The normalized spacial score (nSPS) is 21.7. The van der Waals surface area contributed by atoms with Gasteiger partial charge in [0.25, 0.3) is 12.5 Å². The number of pyridine rings is 2. The molecule has 0 aliphatic carbocycles. The van der Waals surface area contributed by atoms with Gasteiger partial charge < -0.3 is 25.8 Å². The number of ether oxygens (including phenoxy) is 2. The highest BCUT2D eigenvalue weighted by Crippen LogP contribution is 2.48. The zero-order chi connectivity index (χ0) is 38.2. The van der Waals surface area contributed by atoms with E-state index < -0.39 is 65.1 Å². The fourth-order valence-corrected chi connectivity index (χ4v) is 9.04. The molecular formula is C36H31F6N9O2S. The maximum atomic E-state index is 17.3. The Hall–Kier alpha value is -5.41. The third-order valence-corrected chi connectivity index (χ3v) is 11.7. The molecule has 5 aromatic rings. The molecular weight excluding hydrogens is 737 g/mol. The lowest BCUT2D eigenvalue weighted by molar-refractivity contribution is 0.0483. The highest BCUT2D eigenvalue weighted by atomic mass is 32.1. The molecule has 8 rings (SSSR count). The number of nitriles is 1. The summed E-state index contributed by atoms with van der Waals surface area (Å²) in [7, 11) is 0. The van der Waals surface area contributed by atoms with Crippen molar-refractivity contribution in [3.63, 3.8) is 0 Å². The standard InChI is InChI=1S/C36H31F6N9O2S/c1-15(18-5-3-9-46-31(18)44)51-27(30(41)42)16(2)53-34-23-26(24(38)25(47-34)19-6-7-21(37)28-22(19)20(12-43)32(45)54-28)48-35(49-33(23)51)52-14-36-8-4-10-50(36)13-17(11-36)29(39)40/h3,5-7,9,15-16,27,30H,4,8,10-11,13-14,45H2,1-2H3,(H2,44,46)/t15?,16?,27?,36-/m0/s1. The minimum Gasteiger partial charge on any atom is -0.472 e. The lowest BCUT2D eigenvalue weighted by Crippen LogP contribution is -2.50. The van der Waals surface area contributed by atoms with Gasteiger partial charge in [0.1, 0.15) is 58.1 Å². The third kappa shape index (κ3) is 5.51. The Kier molecular flexibility index (Phi) is 8.68. The van der Waals surface area contributed by atoms with Crippen molar-refractivity contribution in [2.75, 3.05) is 36.1 Å². The molecule has 0 amide bonds. The lowest BCUT2D eigenvalue weighted by atomic mass is 9.94. The molecule has 0 saturated carbocycles. The van der Waals surface area contributed by atoms with Crippen molar-refractivity contribution in [1.82, 2.24) is 24.8 Å². The Balaban J connectivity index is 1.38. The van der Waals surface area contributed by atoms with Crippen LogP contribution >= 0.6 is 11.3 Å². The van der Waals surface area contributed by atoms with E-state index in [-0.39, 0.29) is 74.3 Å². The van der Waals surface area contributed by atoms with Crippen LogP contribution in [0.15, 0.2) is 42.1 Å². The lowest BCUT2D eigenvalue weighted by Gasteiger charge is -2.38. The van der Waals surface area contributed by atoms with Crippen molar-refractivity contribution in [1.29, 1.82) is 5.26 Å². The number of anilines is 3. The second-order valence-corrected chi connectivity index (χ2v) is 14.7. The number of nitrogens with two attached hydrogens (primary N) is 2. The minimum absolute atomic E-state index is 0.000301. The van der Waals surface area contributed by atoms with Crippen LogP contribution in [-0.4, -0.2) is 68.6 Å². The first-order valence-electron chi connectivity index (χ1n) is 17.0. The monoisotopic (exact) mass is 767 g/mol. The topological polar surface area (TPSA) is 152 Å². The predicted molar refractivity (Wildman–Crippen MR) is 190 cm³/mol. The van der Waals surface area contributed by atoms with Crippen LogP contribution in [0.1, 0.15) is 50.3 Å². The molecule has 0 bridgehead atoms. The summed E-state index contributed by atoms with van der Waals surface area (Å²) in [6.07, 6.45) is -3.36. The number of benzene rings is 1. The van der Waals surface area contributed by atoms with Gasteiger partial charge in [-0.1, -0.05) is 6.07 Å². The molecule has 280 valence electrons. The molecule has 3 aliphatic rings. The Labute approximate surface area is 307 Å². The Morgan fingerprint density at radius 2 is 1.96 bits per heavy atom.